The molecule has 8 heteroatoms. The third-order valence-corrected chi connectivity index (χ3v) is 5.29. The van der Waals surface area contributed by atoms with E-state index in [2.05, 4.69) is 11.9 Å². The number of nitrogens with zero attached hydrogens (tertiary/aromatic N) is 1. The standard InChI is InChI=1S/C24H26N2O6/c1-3-4-13-21(23(29)26(2)32-15-22(27)28)25-24(30)31-14-20-18-11-7-5-9-16(18)17-10-6-8-12-19(17)20/h3,5-12,20-21H,1,4,13-15H2,2H3,(H,25,30)(H,27,28). The van der Waals surface area contributed by atoms with Crippen LogP contribution in [0.15, 0.2) is 61.2 Å². The van der Waals surface area contributed by atoms with E-state index in [1.165, 1.54) is 7.05 Å². The van der Waals surface area contributed by atoms with Gasteiger partial charge in [0.25, 0.3) is 5.91 Å². The number of carbonyl (C=O) groups excluding carboxylic acids is 2. The molecule has 0 radical (unpaired) electrons. The van der Waals surface area contributed by atoms with Crippen molar-refractivity contribution < 1.29 is 29.1 Å². The fraction of sp³-hybridized carbons (Fsp3) is 0.292. The SMILES string of the molecule is C=CCCC(NC(=O)OCC1c2ccccc2-c2ccccc21)C(=O)N(C)OCC(=O)O. The molecule has 0 saturated heterocycles. The van der Waals surface area contributed by atoms with E-state index >= 15 is 0 Å². The van der Waals surface area contributed by atoms with Crippen molar-refractivity contribution in [2.75, 3.05) is 20.3 Å². The maximum absolute atomic E-state index is 12.6. The van der Waals surface area contributed by atoms with Gasteiger partial charge in [-0.1, -0.05) is 54.6 Å². The third-order valence-electron chi connectivity index (χ3n) is 5.29. The summed E-state index contributed by atoms with van der Waals surface area (Å²) >= 11 is 0. The Bertz CT molecular complexity index is 960. The molecule has 1 aliphatic rings. The van der Waals surface area contributed by atoms with E-state index in [4.69, 9.17) is 14.7 Å². The van der Waals surface area contributed by atoms with Gasteiger partial charge in [-0.3, -0.25) is 9.63 Å². The lowest BCUT2D eigenvalue weighted by Crippen LogP contribution is -2.48. The summed E-state index contributed by atoms with van der Waals surface area (Å²) in [5, 5.41) is 12.1. The first-order valence-electron chi connectivity index (χ1n) is 10.3. The number of benzene rings is 2. The van der Waals surface area contributed by atoms with Crippen LogP contribution in [-0.4, -0.2) is 54.4 Å². The molecule has 2 N–H and O–H groups in total. The van der Waals surface area contributed by atoms with E-state index < -0.39 is 30.6 Å². The first kappa shape index (κ1) is 23.0. The number of allylic oxidation sites excluding steroid dienone is 1. The Labute approximate surface area is 186 Å². The number of hydrogen-bond donors (Lipinski definition) is 2. The molecule has 1 unspecified atom stereocenters. The average molecular weight is 438 g/mol. The van der Waals surface area contributed by atoms with Crippen LogP contribution in [-0.2, 0) is 19.2 Å². The summed E-state index contributed by atoms with van der Waals surface area (Å²) in [6.07, 6.45) is 1.62. The van der Waals surface area contributed by atoms with Crippen molar-refractivity contribution in [3.63, 3.8) is 0 Å². The number of ether oxygens (including phenoxy) is 1. The van der Waals surface area contributed by atoms with Gasteiger partial charge in [-0.05, 0) is 35.1 Å². The minimum absolute atomic E-state index is 0.1000. The normalized spacial score (nSPS) is 12.9. The van der Waals surface area contributed by atoms with Crippen molar-refractivity contribution in [1.82, 2.24) is 10.4 Å². The summed E-state index contributed by atoms with van der Waals surface area (Å²) in [6, 6.07) is 15.1. The second kappa shape index (κ2) is 10.6. The highest BCUT2D eigenvalue weighted by atomic mass is 16.7. The maximum atomic E-state index is 12.6. The smallest absolute Gasteiger partial charge is 0.407 e. The highest BCUT2D eigenvalue weighted by Crippen LogP contribution is 2.44. The lowest BCUT2D eigenvalue weighted by atomic mass is 9.98. The van der Waals surface area contributed by atoms with Crippen LogP contribution in [0.25, 0.3) is 11.1 Å². The molecule has 2 aromatic carbocycles. The van der Waals surface area contributed by atoms with Crippen molar-refractivity contribution in [3.05, 3.63) is 72.3 Å². The van der Waals surface area contributed by atoms with Gasteiger partial charge in [0.2, 0.25) is 0 Å². The van der Waals surface area contributed by atoms with Crippen LogP contribution in [0.2, 0.25) is 0 Å². The molecule has 3 rings (SSSR count). The first-order valence-corrected chi connectivity index (χ1v) is 10.3. The number of hydroxylamine groups is 2. The van der Waals surface area contributed by atoms with Crippen molar-refractivity contribution in [2.45, 2.75) is 24.8 Å². The highest BCUT2D eigenvalue weighted by Gasteiger charge is 2.30. The number of alkyl carbamates (subject to hydrolysis) is 1. The molecule has 1 aliphatic carbocycles. The van der Waals surface area contributed by atoms with Crippen LogP contribution in [0, 0.1) is 0 Å². The van der Waals surface area contributed by atoms with E-state index in [1.807, 2.05) is 48.5 Å². The molecule has 168 valence electrons. The molecular formula is C24H26N2O6. The Morgan fingerprint density at radius 3 is 2.28 bits per heavy atom. The van der Waals surface area contributed by atoms with Crippen LogP contribution < -0.4 is 5.32 Å². The molecule has 1 atom stereocenters. The molecule has 8 nitrogen and oxygen atoms in total. The van der Waals surface area contributed by atoms with Crippen molar-refractivity contribution in [1.29, 1.82) is 0 Å². The molecule has 0 heterocycles. The number of likely N-dealkylation sites (N-methyl/N-ethyl adjacent to an activating group) is 1. The lowest BCUT2D eigenvalue weighted by Gasteiger charge is -2.23. The zero-order valence-electron chi connectivity index (χ0n) is 17.8. The van der Waals surface area contributed by atoms with Gasteiger partial charge in [-0.2, -0.15) is 0 Å². The van der Waals surface area contributed by atoms with Gasteiger partial charge >= 0.3 is 12.1 Å². The van der Waals surface area contributed by atoms with Crippen molar-refractivity contribution in [3.8, 4) is 11.1 Å². The van der Waals surface area contributed by atoms with E-state index in [1.54, 1.807) is 6.08 Å². The summed E-state index contributed by atoms with van der Waals surface area (Å²) in [4.78, 5) is 40.7. The van der Waals surface area contributed by atoms with E-state index in [0.29, 0.717) is 6.42 Å². The molecule has 32 heavy (non-hydrogen) atoms. The molecule has 0 spiro atoms. The maximum Gasteiger partial charge on any atom is 0.407 e. The highest BCUT2D eigenvalue weighted by molar-refractivity contribution is 5.85. The van der Waals surface area contributed by atoms with E-state index in [-0.39, 0.29) is 18.9 Å². The first-order chi connectivity index (χ1) is 15.4. The topological polar surface area (TPSA) is 105 Å². The number of carbonyl (C=O) groups is 3. The molecule has 2 amide bonds. The average Bonchev–Trinajstić information content (AvgIpc) is 3.12. The van der Waals surface area contributed by atoms with Gasteiger partial charge in [0.05, 0.1) is 0 Å². The van der Waals surface area contributed by atoms with Crippen LogP contribution in [0.4, 0.5) is 4.79 Å². The van der Waals surface area contributed by atoms with Gasteiger partial charge in [-0.15, -0.1) is 6.58 Å². The van der Waals surface area contributed by atoms with Crippen LogP contribution in [0.3, 0.4) is 0 Å². The largest absolute Gasteiger partial charge is 0.479 e. The van der Waals surface area contributed by atoms with Gasteiger partial charge in [-0.25, -0.2) is 14.7 Å². The van der Waals surface area contributed by atoms with Crippen LogP contribution >= 0.6 is 0 Å². The van der Waals surface area contributed by atoms with Crippen LogP contribution in [0.1, 0.15) is 29.9 Å². The molecule has 2 aromatic rings. The van der Waals surface area contributed by atoms with Gasteiger partial charge < -0.3 is 15.2 Å². The number of aliphatic carboxylic acids is 1. The Kier molecular flexibility index (Phi) is 7.62. The van der Waals surface area contributed by atoms with Crippen LogP contribution in [0.5, 0.6) is 0 Å². The number of carboxylic acids is 1. The molecular weight excluding hydrogens is 412 g/mol. The summed E-state index contributed by atoms with van der Waals surface area (Å²) in [5.74, 6) is -1.89. The Hall–Kier alpha value is -3.65. The monoisotopic (exact) mass is 438 g/mol. The molecule has 0 aromatic heterocycles. The number of amides is 2. The number of rotatable bonds is 10. The fourth-order valence-electron chi connectivity index (χ4n) is 3.76. The predicted octanol–water partition coefficient (Wildman–Crippen LogP) is 3.33. The lowest BCUT2D eigenvalue weighted by molar-refractivity contribution is -0.187. The summed E-state index contributed by atoms with van der Waals surface area (Å²) in [7, 11) is 1.30. The second-order valence-corrected chi connectivity index (χ2v) is 7.39. The number of fused-ring (bicyclic) bond motifs is 3. The Morgan fingerprint density at radius 1 is 1.12 bits per heavy atom. The van der Waals surface area contributed by atoms with Gasteiger partial charge in [0.15, 0.2) is 6.61 Å². The molecule has 0 saturated carbocycles. The number of nitrogens with one attached hydrogen (secondary N) is 1. The zero-order valence-corrected chi connectivity index (χ0v) is 17.8. The minimum atomic E-state index is -1.21. The number of hydrogen-bond acceptors (Lipinski definition) is 5. The third kappa shape index (κ3) is 5.33. The van der Waals surface area contributed by atoms with E-state index in [9.17, 15) is 14.4 Å². The zero-order chi connectivity index (χ0) is 23.1. The Morgan fingerprint density at radius 2 is 1.72 bits per heavy atom. The molecule has 0 bridgehead atoms. The van der Waals surface area contributed by atoms with Crippen molar-refractivity contribution in [2.24, 2.45) is 0 Å². The van der Waals surface area contributed by atoms with Crippen molar-refractivity contribution >= 4 is 18.0 Å². The summed E-state index contributed by atoms with van der Waals surface area (Å²) in [5.41, 5.74) is 4.41. The minimum Gasteiger partial charge on any atom is -0.479 e. The summed E-state index contributed by atoms with van der Waals surface area (Å²) in [6.45, 7) is 3.08. The van der Waals surface area contributed by atoms with Gasteiger partial charge in [0, 0.05) is 13.0 Å². The van der Waals surface area contributed by atoms with Gasteiger partial charge in [0.1, 0.15) is 12.6 Å². The second-order valence-electron chi connectivity index (χ2n) is 7.39. The molecule has 0 aliphatic heterocycles. The fourth-order valence-corrected chi connectivity index (χ4v) is 3.76. The predicted molar refractivity (Wildman–Crippen MR) is 118 cm³/mol. The quantitative estimate of drug-likeness (QED) is 0.435. The molecule has 0 fully saturated rings. The Balaban J connectivity index is 1.65. The number of carboxylic acid groups (broad SMARTS) is 1. The van der Waals surface area contributed by atoms with E-state index in [0.717, 1.165) is 27.3 Å². The summed E-state index contributed by atoms with van der Waals surface area (Å²) < 4.78 is 5.50.